The highest BCUT2D eigenvalue weighted by atomic mass is 19.4. The van der Waals surface area contributed by atoms with Gasteiger partial charge >= 0.3 is 12.1 Å². The molecule has 1 aliphatic carbocycles. The molecule has 0 saturated heterocycles. The molecule has 1 aliphatic rings. The van der Waals surface area contributed by atoms with Gasteiger partial charge in [0.25, 0.3) is 0 Å². The second kappa shape index (κ2) is 5.58. The van der Waals surface area contributed by atoms with E-state index in [1.165, 1.54) is 0 Å². The number of aryl methyl sites for hydroxylation is 1. The number of hydrogen-bond acceptors (Lipinski definition) is 2. The highest BCUT2D eigenvalue weighted by Crippen LogP contribution is 2.43. The first-order chi connectivity index (χ1) is 9.73. The number of alkyl halides is 3. The zero-order valence-corrected chi connectivity index (χ0v) is 11.7. The summed E-state index contributed by atoms with van der Waals surface area (Å²) in [4.78, 5) is 11.6. The van der Waals surface area contributed by atoms with Crippen molar-refractivity contribution >= 4 is 11.7 Å². The number of nitrogens with one attached hydrogen (secondary N) is 1. The van der Waals surface area contributed by atoms with Gasteiger partial charge in [0, 0.05) is 5.69 Å². The number of rotatable bonds is 3. The molecule has 0 radical (unpaired) electrons. The summed E-state index contributed by atoms with van der Waals surface area (Å²) in [5, 5.41) is 12.3. The van der Waals surface area contributed by atoms with Crippen LogP contribution in [-0.2, 0) is 4.79 Å². The van der Waals surface area contributed by atoms with Crippen LogP contribution in [0.1, 0.15) is 31.2 Å². The van der Waals surface area contributed by atoms with Crippen LogP contribution < -0.4 is 5.32 Å². The molecule has 21 heavy (non-hydrogen) atoms. The lowest BCUT2D eigenvalue weighted by Gasteiger charge is -2.39. The van der Waals surface area contributed by atoms with Gasteiger partial charge in [-0.05, 0) is 50.3 Å². The van der Waals surface area contributed by atoms with Crippen molar-refractivity contribution in [1.29, 1.82) is 0 Å². The second-order valence-corrected chi connectivity index (χ2v) is 5.72. The molecular weight excluding hydrogens is 283 g/mol. The van der Waals surface area contributed by atoms with Crippen molar-refractivity contribution in [2.45, 2.75) is 44.3 Å². The summed E-state index contributed by atoms with van der Waals surface area (Å²) in [7, 11) is 0. The third-order valence-corrected chi connectivity index (χ3v) is 4.02. The Morgan fingerprint density at radius 3 is 2.71 bits per heavy atom. The van der Waals surface area contributed by atoms with E-state index in [1.54, 1.807) is 18.2 Å². The van der Waals surface area contributed by atoms with Crippen molar-refractivity contribution in [3.8, 4) is 0 Å². The van der Waals surface area contributed by atoms with E-state index in [-0.39, 0.29) is 19.3 Å². The average molecular weight is 301 g/mol. The Morgan fingerprint density at radius 2 is 2.14 bits per heavy atom. The fourth-order valence-electron chi connectivity index (χ4n) is 2.91. The van der Waals surface area contributed by atoms with Gasteiger partial charge < -0.3 is 10.4 Å². The smallest absolute Gasteiger partial charge is 0.391 e. The van der Waals surface area contributed by atoms with Crippen LogP contribution in [0.5, 0.6) is 0 Å². The molecule has 2 unspecified atom stereocenters. The highest BCUT2D eigenvalue weighted by molar-refractivity contribution is 5.83. The van der Waals surface area contributed by atoms with E-state index in [2.05, 4.69) is 5.32 Å². The van der Waals surface area contributed by atoms with Crippen molar-refractivity contribution in [1.82, 2.24) is 0 Å². The Kier molecular flexibility index (Phi) is 4.16. The van der Waals surface area contributed by atoms with Crippen LogP contribution in [0.25, 0.3) is 0 Å². The van der Waals surface area contributed by atoms with Gasteiger partial charge in [0.15, 0.2) is 0 Å². The summed E-state index contributed by atoms with van der Waals surface area (Å²) in [5.74, 6) is -2.79. The minimum Gasteiger partial charge on any atom is -0.480 e. The maximum absolute atomic E-state index is 12.9. The predicted molar refractivity (Wildman–Crippen MR) is 73.2 cm³/mol. The fraction of sp³-hybridized carbons (Fsp3) is 0.533. The van der Waals surface area contributed by atoms with E-state index in [9.17, 15) is 23.1 Å². The van der Waals surface area contributed by atoms with Gasteiger partial charge in [0.2, 0.25) is 0 Å². The second-order valence-electron chi connectivity index (χ2n) is 5.72. The Labute approximate surface area is 121 Å². The van der Waals surface area contributed by atoms with Gasteiger partial charge in [-0.15, -0.1) is 0 Å². The van der Waals surface area contributed by atoms with Gasteiger partial charge in [-0.3, -0.25) is 0 Å². The molecule has 0 aromatic heterocycles. The summed E-state index contributed by atoms with van der Waals surface area (Å²) in [6.45, 7) is 1.85. The Morgan fingerprint density at radius 1 is 1.43 bits per heavy atom. The van der Waals surface area contributed by atoms with Crippen LogP contribution in [0.3, 0.4) is 0 Å². The summed E-state index contributed by atoms with van der Waals surface area (Å²) < 4.78 is 38.8. The molecule has 1 fully saturated rings. The quantitative estimate of drug-likeness (QED) is 0.887. The van der Waals surface area contributed by atoms with Crippen LogP contribution in [0.15, 0.2) is 24.3 Å². The SMILES string of the molecule is Cc1cccc(NC2(C(=O)O)CCCC(C(F)(F)F)C2)c1. The summed E-state index contributed by atoms with van der Waals surface area (Å²) in [6.07, 6.45) is -4.35. The average Bonchev–Trinajstić information content (AvgIpc) is 2.37. The highest BCUT2D eigenvalue weighted by Gasteiger charge is 2.51. The molecule has 6 heteroatoms. The van der Waals surface area contributed by atoms with Gasteiger partial charge in [0.1, 0.15) is 5.54 Å². The maximum Gasteiger partial charge on any atom is 0.391 e. The van der Waals surface area contributed by atoms with E-state index in [0.717, 1.165) is 5.56 Å². The summed E-state index contributed by atoms with van der Waals surface area (Å²) >= 11 is 0. The van der Waals surface area contributed by atoms with Crippen LogP contribution in [0.4, 0.5) is 18.9 Å². The summed E-state index contributed by atoms with van der Waals surface area (Å²) in [5.41, 5.74) is -0.0874. The molecule has 1 aromatic carbocycles. The molecule has 2 atom stereocenters. The van der Waals surface area contributed by atoms with Gasteiger partial charge in [-0.2, -0.15) is 13.2 Å². The normalized spacial score (nSPS) is 26.4. The molecule has 0 heterocycles. The summed E-state index contributed by atoms with van der Waals surface area (Å²) in [6, 6.07) is 7.01. The minimum atomic E-state index is -4.35. The van der Waals surface area contributed by atoms with E-state index >= 15 is 0 Å². The molecule has 2 rings (SSSR count). The number of carboxylic acids is 1. The third-order valence-electron chi connectivity index (χ3n) is 4.02. The lowest BCUT2D eigenvalue weighted by molar-refractivity contribution is -0.188. The molecule has 0 bridgehead atoms. The molecule has 1 saturated carbocycles. The van der Waals surface area contributed by atoms with Crippen LogP contribution in [0.2, 0.25) is 0 Å². The topological polar surface area (TPSA) is 49.3 Å². The van der Waals surface area contributed by atoms with Gasteiger partial charge in [-0.1, -0.05) is 12.1 Å². The molecule has 3 nitrogen and oxygen atoms in total. The number of anilines is 1. The van der Waals surface area contributed by atoms with Crippen LogP contribution >= 0.6 is 0 Å². The monoisotopic (exact) mass is 301 g/mol. The molecule has 1 aromatic rings. The first kappa shape index (κ1) is 15.7. The number of aliphatic carboxylic acids is 1. The van der Waals surface area contributed by atoms with Crippen molar-refractivity contribution in [2.75, 3.05) is 5.32 Å². The van der Waals surface area contributed by atoms with Crippen molar-refractivity contribution in [2.24, 2.45) is 5.92 Å². The lowest BCUT2D eigenvalue weighted by atomic mass is 9.75. The first-order valence-electron chi connectivity index (χ1n) is 6.88. The first-order valence-corrected chi connectivity index (χ1v) is 6.88. The zero-order chi connectivity index (χ0) is 15.7. The van der Waals surface area contributed by atoms with E-state index in [0.29, 0.717) is 5.69 Å². The van der Waals surface area contributed by atoms with Crippen molar-refractivity contribution < 1.29 is 23.1 Å². The van der Waals surface area contributed by atoms with Crippen LogP contribution in [-0.4, -0.2) is 22.8 Å². The molecule has 2 N–H and O–H groups in total. The third kappa shape index (κ3) is 3.49. The molecule has 0 spiro atoms. The number of benzene rings is 1. The Hall–Kier alpha value is -1.72. The van der Waals surface area contributed by atoms with Gasteiger partial charge in [0.05, 0.1) is 5.92 Å². The number of carboxylic acid groups (broad SMARTS) is 1. The molecule has 0 amide bonds. The van der Waals surface area contributed by atoms with Crippen molar-refractivity contribution in [3.05, 3.63) is 29.8 Å². The van der Waals surface area contributed by atoms with Crippen molar-refractivity contribution in [3.63, 3.8) is 0 Å². The van der Waals surface area contributed by atoms with Gasteiger partial charge in [-0.25, -0.2) is 4.79 Å². The van der Waals surface area contributed by atoms with E-state index < -0.39 is 30.0 Å². The minimum absolute atomic E-state index is 0.00593. The molecule has 0 aliphatic heterocycles. The largest absolute Gasteiger partial charge is 0.480 e. The number of hydrogen-bond donors (Lipinski definition) is 2. The lowest BCUT2D eigenvalue weighted by Crippen LogP contribution is -2.52. The van der Waals surface area contributed by atoms with E-state index in [4.69, 9.17) is 0 Å². The Bertz CT molecular complexity index is 530. The molecule has 116 valence electrons. The number of carbonyl (C=O) groups is 1. The number of halogens is 3. The Balaban J connectivity index is 2.26. The van der Waals surface area contributed by atoms with E-state index in [1.807, 2.05) is 13.0 Å². The zero-order valence-electron chi connectivity index (χ0n) is 11.7. The predicted octanol–water partition coefficient (Wildman–Crippen LogP) is 3.98. The standard InChI is InChI=1S/C15H18F3NO2/c1-10-4-2-6-12(8-10)19-14(13(20)21)7-3-5-11(9-14)15(16,17)18/h2,4,6,8,11,19H,3,5,7,9H2,1H3,(H,20,21). The maximum atomic E-state index is 12.9. The molecular formula is C15H18F3NO2. The fourth-order valence-corrected chi connectivity index (χ4v) is 2.91. The van der Waals surface area contributed by atoms with Crippen LogP contribution in [0, 0.1) is 12.8 Å².